The normalized spacial score (nSPS) is 11.8. The smallest absolute Gasteiger partial charge is 0.244 e. The fourth-order valence-corrected chi connectivity index (χ4v) is 4.13. The van der Waals surface area contributed by atoms with E-state index in [1.165, 1.54) is 31.6 Å². The fourth-order valence-electron chi connectivity index (χ4n) is 2.05. The average Bonchev–Trinajstić information content (AvgIpc) is 3.14. The molecule has 0 radical (unpaired) electrons. The second kappa shape index (κ2) is 6.34. The number of rotatable bonds is 6. The molecule has 0 fully saturated rings. The number of aromatic nitrogens is 4. The van der Waals surface area contributed by atoms with Crippen molar-refractivity contribution in [3.05, 3.63) is 29.0 Å². The summed E-state index contributed by atoms with van der Waals surface area (Å²) in [6, 6.07) is 4.58. The van der Waals surface area contributed by atoms with E-state index in [1.807, 2.05) is 0 Å². The second-order valence-electron chi connectivity index (χ2n) is 4.78. The number of ether oxygens (including phenoxy) is 2. The molecule has 128 valence electrons. The minimum atomic E-state index is -3.80. The molecule has 0 saturated heterocycles. The van der Waals surface area contributed by atoms with Gasteiger partial charge in [0.15, 0.2) is 5.82 Å². The van der Waals surface area contributed by atoms with Crippen LogP contribution in [0.3, 0.4) is 0 Å². The summed E-state index contributed by atoms with van der Waals surface area (Å²) in [6.07, 6.45) is 0. The van der Waals surface area contributed by atoms with Crippen molar-refractivity contribution >= 4 is 26.3 Å². The second-order valence-corrected chi connectivity index (χ2v) is 7.55. The number of nitrogens with one attached hydrogen (secondary N) is 1. The third-order valence-corrected chi connectivity index (χ3v) is 5.58. The lowest BCUT2D eigenvalue weighted by Crippen LogP contribution is -2.24. The first-order valence-electron chi connectivity index (χ1n) is 6.84. The van der Waals surface area contributed by atoms with E-state index in [4.69, 9.17) is 9.47 Å². The molecule has 1 N–H and O–H groups in total. The van der Waals surface area contributed by atoms with Crippen LogP contribution in [-0.4, -0.2) is 42.4 Å². The molecule has 0 aliphatic carbocycles. The SMILES string of the molecule is COc1ccc(OC)c(S(=O)(=O)NCc2nn3c(C)nnc3s2)c1. The van der Waals surface area contributed by atoms with Gasteiger partial charge in [0, 0.05) is 6.07 Å². The molecule has 0 atom stereocenters. The zero-order chi connectivity index (χ0) is 17.3. The minimum Gasteiger partial charge on any atom is -0.497 e. The van der Waals surface area contributed by atoms with Crippen molar-refractivity contribution in [2.24, 2.45) is 0 Å². The number of nitrogens with zero attached hydrogens (tertiary/aromatic N) is 4. The molecule has 0 spiro atoms. The summed E-state index contributed by atoms with van der Waals surface area (Å²) in [7, 11) is -0.923. The molecule has 0 amide bonds. The molecule has 0 aliphatic heterocycles. The number of aryl methyl sites for hydroxylation is 1. The van der Waals surface area contributed by atoms with Crippen molar-refractivity contribution in [3.63, 3.8) is 0 Å². The number of benzene rings is 1. The highest BCUT2D eigenvalue weighted by Gasteiger charge is 2.21. The molecule has 0 unspecified atom stereocenters. The largest absolute Gasteiger partial charge is 0.497 e. The summed E-state index contributed by atoms with van der Waals surface area (Å²) in [6.45, 7) is 1.81. The van der Waals surface area contributed by atoms with Crippen molar-refractivity contribution in [2.45, 2.75) is 18.4 Å². The quantitative estimate of drug-likeness (QED) is 0.690. The van der Waals surface area contributed by atoms with Gasteiger partial charge in [-0.25, -0.2) is 13.1 Å². The Morgan fingerprint density at radius 1 is 1.25 bits per heavy atom. The summed E-state index contributed by atoms with van der Waals surface area (Å²) >= 11 is 1.27. The van der Waals surface area contributed by atoms with Crippen LogP contribution in [0.1, 0.15) is 10.8 Å². The summed E-state index contributed by atoms with van der Waals surface area (Å²) in [5, 5.41) is 12.7. The van der Waals surface area contributed by atoms with E-state index in [-0.39, 0.29) is 17.2 Å². The Morgan fingerprint density at radius 3 is 2.71 bits per heavy atom. The highest BCUT2D eigenvalue weighted by atomic mass is 32.2. The van der Waals surface area contributed by atoms with E-state index in [2.05, 4.69) is 20.0 Å². The van der Waals surface area contributed by atoms with Crippen LogP contribution in [0.4, 0.5) is 0 Å². The average molecular weight is 369 g/mol. The van der Waals surface area contributed by atoms with Crippen LogP contribution in [0.15, 0.2) is 23.1 Å². The maximum atomic E-state index is 12.6. The van der Waals surface area contributed by atoms with Gasteiger partial charge in [0.05, 0.1) is 20.8 Å². The lowest BCUT2D eigenvalue weighted by molar-refractivity contribution is 0.392. The van der Waals surface area contributed by atoms with E-state index in [0.29, 0.717) is 21.5 Å². The van der Waals surface area contributed by atoms with Crippen molar-refractivity contribution in [1.29, 1.82) is 0 Å². The van der Waals surface area contributed by atoms with Crippen LogP contribution >= 0.6 is 11.3 Å². The van der Waals surface area contributed by atoms with Gasteiger partial charge >= 0.3 is 0 Å². The lowest BCUT2D eigenvalue weighted by Gasteiger charge is -2.11. The number of hydrogen-bond acceptors (Lipinski definition) is 8. The Morgan fingerprint density at radius 2 is 2.04 bits per heavy atom. The number of fused-ring (bicyclic) bond motifs is 1. The molecule has 24 heavy (non-hydrogen) atoms. The van der Waals surface area contributed by atoms with E-state index in [9.17, 15) is 8.42 Å². The van der Waals surface area contributed by atoms with Gasteiger partial charge in [-0.15, -0.1) is 10.2 Å². The molecule has 0 saturated carbocycles. The van der Waals surface area contributed by atoms with Gasteiger partial charge < -0.3 is 9.47 Å². The maximum absolute atomic E-state index is 12.6. The zero-order valence-electron chi connectivity index (χ0n) is 13.2. The highest BCUT2D eigenvalue weighted by Crippen LogP contribution is 2.28. The van der Waals surface area contributed by atoms with Gasteiger partial charge in [-0.1, -0.05) is 11.3 Å². The predicted octanol–water partition coefficient (Wildman–Crippen LogP) is 0.990. The first-order chi connectivity index (χ1) is 11.4. The molecule has 3 rings (SSSR count). The van der Waals surface area contributed by atoms with Crippen LogP contribution < -0.4 is 14.2 Å². The van der Waals surface area contributed by atoms with Gasteiger partial charge in [0.2, 0.25) is 15.0 Å². The van der Waals surface area contributed by atoms with Crippen LogP contribution in [-0.2, 0) is 16.6 Å². The molecular weight excluding hydrogens is 354 g/mol. The van der Waals surface area contributed by atoms with E-state index in [0.717, 1.165) is 0 Å². The van der Waals surface area contributed by atoms with Gasteiger partial charge in [0.1, 0.15) is 21.4 Å². The predicted molar refractivity (Wildman–Crippen MR) is 87.0 cm³/mol. The molecule has 3 aromatic rings. The van der Waals surface area contributed by atoms with E-state index < -0.39 is 10.0 Å². The first-order valence-corrected chi connectivity index (χ1v) is 9.14. The minimum absolute atomic E-state index is 0.00327. The van der Waals surface area contributed by atoms with Crippen LogP contribution in [0.5, 0.6) is 11.5 Å². The van der Waals surface area contributed by atoms with E-state index >= 15 is 0 Å². The summed E-state index contributed by atoms with van der Waals surface area (Å²) < 4.78 is 39.4. The molecule has 0 bridgehead atoms. The number of methoxy groups -OCH3 is 2. The molecule has 0 aliphatic rings. The van der Waals surface area contributed by atoms with Gasteiger partial charge in [-0.2, -0.15) is 9.61 Å². The van der Waals surface area contributed by atoms with Gasteiger partial charge in [-0.3, -0.25) is 0 Å². The Hall–Kier alpha value is -2.24. The first kappa shape index (κ1) is 16.6. The third-order valence-electron chi connectivity index (χ3n) is 3.26. The van der Waals surface area contributed by atoms with Gasteiger partial charge in [-0.05, 0) is 19.1 Å². The van der Waals surface area contributed by atoms with Crippen LogP contribution in [0.2, 0.25) is 0 Å². The van der Waals surface area contributed by atoms with E-state index in [1.54, 1.807) is 23.6 Å². The Kier molecular flexibility index (Phi) is 4.39. The standard InChI is InChI=1S/C13H15N5O4S2/c1-8-15-16-13-18(8)17-12(23-13)7-14-24(19,20)11-6-9(21-2)4-5-10(11)22-3/h4-6,14H,7H2,1-3H3. The maximum Gasteiger partial charge on any atom is 0.244 e. The Labute approximate surface area is 142 Å². The topological polar surface area (TPSA) is 108 Å². The molecule has 2 aromatic heterocycles. The summed E-state index contributed by atoms with van der Waals surface area (Å²) in [4.78, 5) is 0.615. The summed E-state index contributed by atoms with van der Waals surface area (Å²) in [5.74, 6) is 1.30. The molecular formula is C13H15N5O4S2. The molecule has 2 heterocycles. The third kappa shape index (κ3) is 3.05. The van der Waals surface area contributed by atoms with Crippen molar-refractivity contribution in [1.82, 2.24) is 24.5 Å². The van der Waals surface area contributed by atoms with Crippen LogP contribution in [0, 0.1) is 6.92 Å². The van der Waals surface area contributed by atoms with Crippen LogP contribution in [0.25, 0.3) is 4.96 Å². The monoisotopic (exact) mass is 369 g/mol. The molecule has 9 nitrogen and oxygen atoms in total. The van der Waals surface area contributed by atoms with Crippen molar-refractivity contribution < 1.29 is 17.9 Å². The molecule has 11 heteroatoms. The number of hydrogen-bond donors (Lipinski definition) is 1. The zero-order valence-corrected chi connectivity index (χ0v) is 14.8. The highest BCUT2D eigenvalue weighted by molar-refractivity contribution is 7.89. The summed E-state index contributed by atoms with van der Waals surface area (Å²) in [5.41, 5.74) is 0. The fraction of sp³-hybridized carbons (Fsp3) is 0.308. The van der Waals surface area contributed by atoms with Gasteiger partial charge in [0.25, 0.3) is 0 Å². The number of sulfonamides is 1. The van der Waals surface area contributed by atoms with Crippen molar-refractivity contribution in [2.75, 3.05) is 14.2 Å². The molecule has 1 aromatic carbocycles. The Balaban J connectivity index is 1.85. The Bertz CT molecular complexity index is 980. The lowest BCUT2D eigenvalue weighted by atomic mass is 10.3. The van der Waals surface area contributed by atoms with Crippen molar-refractivity contribution in [3.8, 4) is 11.5 Å².